The smallest absolute Gasteiger partial charge is 0.231 e. The number of hydrogen-bond donors (Lipinski definition) is 1. The van der Waals surface area contributed by atoms with Gasteiger partial charge in [0.2, 0.25) is 5.91 Å². The average Bonchev–Trinajstić information content (AvgIpc) is 3.23. The van der Waals surface area contributed by atoms with E-state index in [9.17, 15) is 9.59 Å². The van der Waals surface area contributed by atoms with Gasteiger partial charge < -0.3 is 5.32 Å². The highest BCUT2D eigenvalue weighted by Crippen LogP contribution is 2.28. The summed E-state index contributed by atoms with van der Waals surface area (Å²) in [5.74, 6) is 0.223. The number of rotatable bonds is 8. The molecule has 2 aromatic carbocycles. The molecule has 4 aromatic rings. The molecule has 0 aliphatic heterocycles. The molecule has 0 fully saturated rings. The third kappa shape index (κ3) is 5.28. The first-order valence-electron chi connectivity index (χ1n) is 10.0. The lowest BCUT2D eigenvalue weighted by molar-refractivity contribution is -0.123. The van der Waals surface area contributed by atoms with E-state index in [4.69, 9.17) is 0 Å². The Hall–Kier alpha value is -3.78. The molecule has 0 aliphatic rings. The number of nitrogens with one attached hydrogen (secondary N) is 1. The second-order valence-corrected chi connectivity index (χ2v) is 8.08. The molecule has 160 valence electrons. The summed E-state index contributed by atoms with van der Waals surface area (Å²) in [6, 6.07) is 20.8. The van der Waals surface area contributed by atoms with Crippen LogP contribution in [0.25, 0.3) is 17.1 Å². The predicted molar refractivity (Wildman–Crippen MR) is 125 cm³/mol. The number of pyridine rings is 1. The molecular weight excluding hydrogens is 422 g/mol. The number of ketones is 1. The van der Waals surface area contributed by atoms with Gasteiger partial charge in [-0.05, 0) is 43.3 Å². The van der Waals surface area contributed by atoms with E-state index < -0.39 is 0 Å². The van der Waals surface area contributed by atoms with Gasteiger partial charge in [0.05, 0.1) is 12.2 Å². The van der Waals surface area contributed by atoms with Crippen LogP contribution in [0.4, 0.5) is 5.69 Å². The topological polar surface area (TPSA) is 89.8 Å². The molecule has 0 saturated heterocycles. The van der Waals surface area contributed by atoms with Gasteiger partial charge in [-0.1, -0.05) is 47.7 Å². The molecule has 0 bridgehead atoms. The minimum absolute atomic E-state index is 0.110. The van der Waals surface area contributed by atoms with Gasteiger partial charge in [0.25, 0.3) is 0 Å². The van der Waals surface area contributed by atoms with Crippen molar-refractivity contribution in [2.24, 2.45) is 0 Å². The average molecular weight is 444 g/mol. The Balaban J connectivity index is 1.49. The summed E-state index contributed by atoms with van der Waals surface area (Å²) in [5.41, 5.74) is 3.51. The van der Waals surface area contributed by atoms with Crippen molar-refractivity contribution in [2.45, 2.75) is 18.5 Å². The second kappa shape index (κ2) is 10.0. The van der Waals surface area contributed by atoms with Gasteiger partial charge in [0.15, 0.2) is 16.8 Å². The van der Waals surface area contributed by atoms with Gasteiger partial charge in [-0.3, -0.25) is 19.1 Å². The molecular formula is C24H21N5O2S. The molecule has 4 rings (SSSR count). The molecule has 0 aliphatic carbocycles. The maximum atomic E-state index is 12.4. The number of nitrogens with zero attached hydrogens (tertiary/aromatic N) is 4. The standard InChI is InChI=1S/C24H21N5O2S/c1-17-9-11-20(12-10-17)29-23(18-6-5-13-25-15-18)27-28-24(29)32-16-21(30)14-22(31)26-19-7-3-2-4-8-19/h2-13,15H,14,16H2,1H3,(H,26,31). The van der Waals surface area contributed by atoms with Gasteiger partial charge in [-0.2, -0.15) is 0 Å². The van der Waals surface area contributed by atoms with Crippen LogP contribution in [0.5, 0.6) is 0 Å². The number of amides is 1. The normalized spacial score (nSPS) is 10.7. The van der Waals surface area contributed by atoms with Crippen LogP contribution in [-0.4, -0.2) is 37.2 Å². The lowest BCUT2D eigenvalue weighted by Crippen LogP contribution is -2.17. The number of anilines is 1. The van der Waals surface area contributed by atoms with E-state index in [1.807, 2.05) is 66.1 Å². The van der Waals surface area contributed by atoms with Crippen molar-refractivity contribution in [3.63, 3.8) is 0 Å². The maximum Gasteiger partial charge on any atom is 0.231 e. The van der Waals surface area contributed by atoms with E-state index in [2.05, 4.69) is 20.5 Å². The molecule has 0 saturated carbocycles. The number of carbonyl (C=O) groups is 2. The van der Waals surface area contributed by atoms with Crippen molar-refractivity contribution >= 4 is 29.1 Å². The van der Waals surface area contributed by atoms with E-state index >= 15 is 0 Å². The van der Waals surface area contributed by atoms with Crippen LogP contribution in [0.3, 0.4) is 0 Å². The first-order valence-corrected chi connectivity index (χ1v) is 11.0. The van der Waals surface area contributed by atoms with Crippen molar-refractivity contribution in [1.82, 2.24) is 19.7 Å². The molecule has 0 unspecified atom stereocenters. The molecule has 2 aromatic heterocycles. The number of aromatic nitrogens is 4. The van der Waals surface area contributed by atoms with Crippen molar-refractivity contribution in [2.75, 3.05) is 11.1 Å². The van der Waals surface area contributed by atoms with E-state index in [1.165, 1.54) is 11.8 Å². The van der Waals surface area contributed by atoms with Crippen molar-refractivity contribution < 1.29 is 9.59 Å². The number of hydrogen-bond acceptors (Lipinski definition) is 6. The minimum Gasteiger partial charge on any atom is -0.326 e. The monoisotopic (exact) mass is 443 g/mol. The van der Waals surface area contributed by atoms with E-state index in [-0.39, 0.29) is 23.9 Å². The molecule has 32 heavy (non-hydrogen) atoms. The quantitative estimate of drug-likeness (QED) is 0.322. The second-order valence-electron chi connectivity index (χ2n) is 7.14. The van der Waals surface area contributed by atoms with E-state index in [0.29, 0.717) is 16.7 Å². The largest absolute Gasteiger partial charge is 0.326 e. The highest BCUT2D eigenvalue weighted by atomic mass is 32.2. The summed E-state index contributed by atoms with van der Waals surface area (Å²) < 4.78 is 1.90. The highest BCUT2D eigenvalue weighted by molar-refractivity contribution is 7.99. The molecule has 1 amide bonds. The molecule has 0 atom stereocenters. The summed E-state index contributed by atoms with van der Waals surface area (Å²) in [4.78, 5) is 28.8. The molecule has 7 nitrogen and oxygen atoms in total. The Morgan fingerprint density at radius 2 is 1.75 bits per heavy atom. The van der Waals surface area contributed by atoms with E-state index in [1.54, 1.807) is 24.5 Å². The SMILES string of the molecule is Cc1ccc(-n2c(SCC(=O)CC(=O)Nc3ccccc3)nnc2-c2cccnc2)cc1. The summed E-state index contributed by atoms with van der Waals surface area (Å²) in [6.07, 6.45) is 3.23. The van der Waals surface area contributed by atoms with Gasteiger partial charge >= 0.3 is 0 Å². The van der Waals surface area contributed by atoms with Crippen LogP contribution in [-0.2, 0) is 9.59 Å². The van der Waals surface area contributed by atoms with E-state index in [0.717, 1.165) is 16.8 Å². The fourth-order valence-electron chi connectivity index (χ4n) is 3.07. The van der Waals surface area contributed by atoms with Crippen molar-refractivity contribution in [3.8, 4) is 17.1 Å². The summed E-state index contributed by atoms with van der Waals surface area (Å²) in [7, 11) is 0. The number of thioether (sulfide) groups is 1. The van der Waals surface area contributed by atoms with Crippen molar-refractivity contribution in [3.05, 3.63) is 84.7 Å². The van der Waals surface area contributed by atoms with Crippen LogP contribution in [0, 0.1) is 6.92 Å². The van der Waals surface area contributed by atoms with Crippen LogP contribution in [0.15, 0.2) is 84.3 Å². The number of benzene rings is 2. The summed E-state index contributed by atoms with van der Waals surface area (Å²) >= 11 is 1.26. The fraction of sp³-hybridized carbons (Fsp3) is 0.125. The zero-order valence-electron chi connectivity index (χ0n) is 17.4. The summed E-state index contributed by atoms with van der Waals surface area (Å²) in [5, 5.41) is 12.0. The third-order valence-electron chi connectivity index (χ3n) is 4.62. The zero-order valence-corrected chi connectivity index (χ0v) is 18.2. The minimum atomic E-state index is -0.335. The molecule has 1 N–H and O–H groups in total. The Bertz CT molecular complexity index is 1210. The summed E-state index contributed by atoms with van der Waals surface area (Å²) in [6.45, 7) is 2.02. The molecule has 2 heterocycles. The number of Topliss-reactive ketones (excluding diaryl/α,β-unsaturated/α-hetero) is 1. The van der Waals surface area contributed by atoms with Gasteiger partial charge in [-0.25, -0.2) is 0 Å². The first kappa shape index (κ1) is 21.5. The van der Waals surface area contributed by atoms with Crippen LogP contribution < -0.4 is 5.32 Å². The number of carbonyl (C=O) groups excluding carboxylic acids is 2. The van der Waals surface area contributed by atoms with Crippen LogP contribution in [0.2, 0.25) is 0 Å². The first-order chi connectivity index (χ1) is 15.6. The fourth-order valence-corrected chi connectivity index (χ4v) is 3.89. The molecule has 0 spiro atoms. The van der Waals surface area contributed by atoms with Gasteiger partial charge in [-0.15, -0.1) is 10.2 Å². The number of para-hydroxylation sites is 1. The number of aryl methyl sites for hydroxylation is 1. The Kier molecular flexibility index (Phi) is 6.72. The van der Waals surface area contributed by atoms with Crippen LogP contribution in [0.1, 0.15) is 12.0 Å². The molecule has 0 radical (unpaired) electrons. The van der Waals surface area contributed by atoms with Crippen LogP contribution >= 0.6 is 11.8 Å². The lowest BCUT2D eigenvalue weighted by Gasteiger charge is -2.10. The van der Waals surface area contributed by atoms with Crippen molar-refractivity contribution in [1.29, 1.82) is 0 Å². The lowest BCUT2D eigenvalue weighted by atomic mass is 10.2. The zero-order chi connectivity index (χ0) is 22.3. The Morgan fingerprint density at radius 3 is 2.47 bits per heavy atom. The maximum absolute atomic E-state index is 12.4. The molecule has 8 heteroatoms. The van der Waals surface area contributed by atoms with Gasteiger partial charge in [0, 0.05) is 29.3 Å². The predicted octanol–water partition coefficient (Wildman–Crippen LogP) is 4.33. The third-order valence-corrected chi connectivity index (χ3v) is 5.61. The Labute approximate surface area is 189 Å². The Morgan fingerprint density at radius 1 is 0.969 bits per heavy atom. The highest BCUT2D eigenvalue weighted by Gasteiger charge is 2.18. The van der Waals surface area contributed by atoms with Gasteiger partial charge in [0.1, 0.15) is 0 Å².